The molecule has 100 valence electrons. The van der Waals surface area contributed by atoms with Gasteiger partial charge in [-0.1, -0.05) is 22.0 Å². The van der Waals surface area contributed by atoms with Crippen LogP contribution in [0.4, 0.5) is 0 Å². The molecule has 0 bridgehead atoms. The normalized spacial score (nSPS) is 10.7. The lowest BCUT2D eigenvalue weighted by atomic mass is 10.2. The number of nitrogens with zero attached hydrogens (tertiary/aromatic N) is 1. The highest BCUT2D eigenvalue weighted by Crippen LogP contribution is 2.16. The van der Waals surface area contributed by atoms with Crippen LogP contribution in [-0.4, -0.2) is 15.9 Å². The van der Waals surface area contributed by atoms with Gasteiger partial charge < -0.3 is 10.3 Å². The Morgan fingerprint density at radius 2 is 2.20 bits per heavy atom. The number of hydrogen-bond acceptors (Lipinski definition) is 2. The highest BCUT2D eigenvalue weighted by molar-refractivity contribution is 9.10. The Balaban J connectivity index is 1.75. The molecule has 2 heterocycles. The third kappa shape index (κ3) is 2.58. The van der Waals surface area contributed by atoms with Crippen molar-refractivity contribution in [2.45, 2.75) is 6.54 Å². The zero-order valence-corrected chi connectivity index (χ0v) is 12.1. The van der Waals surface area contributed by atoms with Gasteiger partial charge in [0.1, 0.15) is 5.65 Å². The van der Waals surface area contributed by atoms with Crippen LogP contribution in [0.3, 0.4) is 0 Å². The molecule has 0 spiro atoms. The molecule has 0 atom stereocenters. The van der Waals surface area contributed by atoms with Gasteiger partial charge in [0, 0.05) is 34.4 Å². The van der Waals surface area contributed by atoms with Gasteiger partial charge in [0.15, 0.2) is 0 Å². The van der Waals surface area contributed by atoms with E-state index in [9.17, 15) is 4.79 Å². The van der Waals surface area contributed by atoms with Crippen LogP contribution in [0.1, 0.15) is 15.9 Å². The first-order chi connectivity index (χ1) is 9.74. The fourth-order valence-electron chi connectivity index (χ4n) is 2.07. The average molecular weight is 330 g/mol. The van der Waals surface area contributed by atoms with E-state index in [1.165, 1.54) is 0 Å². The molecule has 0 aliphatic heterocycles. The van der Waals surface area contributed by atoms with Gasteiger partial charge >= 0.3 is 0 Å². The topological polar surface area (TPSA) is 57.8 Å². The van der Waals surface area contributed by atoms with Crippen molar-refractivity contribution in [3.63, 3.8) is 0 Å². The predicted molar refractivity (Wildman–Crippen MR) is 81.4 cm³/mol. The number of benzene rings is 1. The molecule has 1 amide bonds. The Morgan fingerprint density at radius 1 is 1.30 bits per heavy atom. The molecule has 0 saturated heterocycles. The van der Waals surface area contributed by atoms with Crippen LogP contribution in [0, 0.1) is 0 Å². The maximum absolute atomic E-state index is 12.1. The number of halogens is 1. The van der Waals surface area contributed by atoms with E-state index in [1.807, 2.05) is 30.5 Å². The molecule has 0 radical (unpaired) electrons. The number of fused-ring (bicyclic) bond motifs is 1. The van der Waals surface area contributed by atoms with Gasteiger partial charge in [-0.15, -0.1) is 0 Å². The van der Waals surface area contributed by atoms with Crippen molar-refractivity contribution in [1.82, 2.24) is 15.3 Å². The number of hydrogen-bond donors (Lipinski definition) is 2. The SMILES string of the molecule is O=C(NCc1c[nH]c2ncccc12)c1cccc(Br)c1. The quantitative estimate of drug-likeness (QED) is 0.774. The van der Waals surface area contributed by atoms with Crippen LogP contribution in [0.2, 0.25) is 0 Å². The molecule has 5 heteroatoms. The molecule has 3 rings (SSSR count). The van der Waals surface area contributed by atoms with E-state index in [-0.39, 0.29) is 5.91 Å². The second-order valence-corrected chi connectivity index (χ2v) is 5.32. The van der Waals surface area contributed by atoms with Gasteiger partial charge in [-0.2, -0.15) is 0 Å². The van der Waals surface area contributed by atoms with E-state index in [1.54, 1.807) is 18.3 Å². The van der Waals surface area contributed by atoms with Crippen molar-refractivity contribution in [2.24, 2.45) is 0 Å². The molecular formula is C15H12BrN3O. The smallest absolute Gasteiger partial charge is 0.251 e. The minimum atomic E-state index is -0.0930. The molecule has 20 heavy (non-hydrogen) atoms. The van der Waals surface area contributed by atoms with E-state index in [2.05, 4.69) is 31.2 Å². The maximum atomic E-state index is 12.1. The zero-order chi connectivity index (χ0) is 13.9. The third-order valence-electron chi connectivity index (χ3n) is 3.06. The van der Waals surface area contributed by atoms with Crippen LogP contribution in [-0.2, 0) is 6.54 Å². The lowest BCUT2D eigenvalue weighted by Crippen LogP contribution is -2.22. The summed E-state index contributed by atoms with van der Waals surface area (Å²) >= 11 is 3.36. The summed E-state index contributed by atoms with van der Waals surface area (Å²) in [5, 5.41) is 3.94. The van der Waals surface area contributed by atoms with Crippen molar-refractivity contribution in [1.29, 1.82) is 0 Å². The second-order valence-electron chi connectivity index (χ2n) is 4.41. The molecule has 2 aromatic heterocycles. The van der Waals surface area contributed by atoms with E-state index in [0.29, 0.717) is 12.1 Å². The van der Waals surface area contributed by atoms with E-state index in [0.717, 1.165) is 21.1 Å². The molecule has 0 fully saturated rings. The summed E-state index contributed by atoms with van der Waals surface area (Å²) in [4.78, 5) is 19.4. The van der Waals surface area contributed by atoms with Crippen molar-refractivity contribution < 1.29 is 4.79 Å². The van der Waals surface area contributed by atoms with Crippen LogP contribution < -0.4 is 5.32 Å². The van der Waals surface area contributed by atoms with E-state index in [4.69, 9.17) is 0 Å². The van der Waals surface area contributed by atoms with Gasteiger partial charge in [-0.3, -0.25) is 4.79 Å². The summed E-state index contributed by atoms with van der Waals surface area (Å²) in [5.74, 6) is -0.0930. The predicted octanol–water partition coefficient (Wildman–Crippen LogP) is 3.26. The molecule has 3 aromatic rings. The number of aromatic nitrogens is 2. The Bertz CT molecular complexity index is 766. The molecule has 0 aliphatic rings. The summed E-state index contributed by atoms with van der Waals surface area (Å²) in [5.41, 5.74) is 2.49. The van der Waals surface area contributed by atoms with Gasteiger partial charge in [-0.25, -0.2) is 4.98 Å². The Kier molecular flexibility index (Phi) is 3.52. The van der Waals surface area contributed by atoms with Crippen molar-refractivity contribution >= 4 is 32.9 Å². The largest absolute Gasteiger partial charge is 0.348 e. The van der Waals surface area contributed by atoms with E-state index >= 15 is 0 Å². The highest BCUT2D eigenvalue weighted by Gasteiger charge is 2.08. The summed E-state index contributed by atoms with van der Waals surface area (Å²) < 4.78 is 0.890. The van der Waals surface area contributed by atoms with Gasteiger partial charge in [0.2, 0.25) is 0 Å². The van der Waals surface area contributed by atoms with Crippen LogP contribution in [0.15, 0.2) is 53.3 Å². The molecule has 0 saturated carbocycles. The number of aromatic amines is 1. The number of nitrogens with one attached hydrogen (secondary N) is 2. The van der Waals surface area contributed by atoms with Gasteiger partial charge in [0.25, 0.3) is 5.91 Å². The number of H-pyrrole nitrogens is 1. The first-order valence-electron chi connectivity index (χ1n) is 6.19. The first kappa shape index (κ1) is 12.9. The maximum Gasteiger partial charge on any atom is 0.251 e. The second kappa shape index (κ2) is 5.46. The van der Waals surface area contributed by atoms with Crippen molar-refractivity contribution in [3.8, 4) is 0 Å². The minimum absolute atomic E-state index is 0.0930. The number of rotatable bonds is 3. The molecule has 2 N–H and O–H groups in total. The fraction of sp³-hybridized carbons (Fsp3) is 0.0667. The summed E-state index contributed by atoms with van der Waals surface area (Å²) in [6.45, 7) is 0.469. The first-order valence-corrected chi connectivity index (χ1v) is 6.98. The number of pyridine rings is 1. The summed E-state index contributed by atoms with van der Waals surface area (Å²) in [6.07, 6.45) is 3.61. The summed E-state index contributed by atoms with van der Waals surface area (Å²) in [7, 11) is 0. The lowest BCUT2D eigenvalue weighted by Gasteiger charge is -2.04. The minimum Gasteiger partial charge on any atom is -0.348 e. The average Bonchev–Trinajstić information content (AvgIpc) is 2.88. The summed E-state index contributed by atoms with van der Waals surface area (Å²) in [6, 6.07) is 11.2. The van der Waals surface area contributed by atoms with Crippen LogP contribution >= 0.6 is 15.9 Å². The standard InChI is InChI=1S/C15H12BrN3O/c16-12-4-1-3-10(7-12)15(20)19-9-11-8-18-14-13(11)5-2-6-17-14/h1-8H,9H2,(H,17,18)(H,19,20). The number of carbonyl (C=O) groups excluding carboxylic acids is 1. The van der Waals surface area contributed by atoms with Gasteiger partial charge in [-0.05, 0) is 35.9 Å². The third-order valence-corrected chi connectivity index (χ3v) is 3.56. The van der Waals surface area contributed by atoms with Crippen LogP contribution in [0.5, 0.6) is 0 Å². The molecule has 1 aromatic carbocycles. The van der Waals surface area contributed by atoms with Crippen LogP contribution in [0.25, 0.3) is 11.0 Å². The fourth-order valence-corrected chi connectivity index (χ4v) is 2.47. The number of amides is 1. The number of carbonyl (C=O) groups is 1. The molecular weight excluding hydrogens is 318 g/mol. The molecule has 0 unspecified atom stereocenters. The van der Waals surface area contributed by atoms with Gasteiger partial charge in [0.05, 0.1) is 0 Å². The lowest BCUT2D eigenvalue weighted by molar-refractivity contribution is 0.0951. The Hall–Kier alpha value is -2.14. The highest BCUT2D eigenvalue weighted by atomic mass is 79.9. The monoisotopic (exact) mass is 329 g/mol. The van der Waals surface area contributed by atoms with Crippen molar-refractivity contribution in [3.05, 3.63) is 64.4 Å². The molecule has 4 nitrogen and oxygen atoms in total. The Morgan fingerprint density at radius 3 is 3.05 bits per heavy atom. The van der Waals surface area contributed by atoms with E-state index < -0.39 is 0 Å². The zero-order valence-electron chi connectivity index (χ0n) is 10.6. The molecule has 0 aliphatic carbocycles. The Labute approximate surface area is 124 Å². The van der Waals surface area contributed by atoms with Crippen molar-refractivity contribution in [2.75, 3.05) is 0 Å².